The van der Waals surface area contributed by atoms with Gasteiger partial charge in [-0.2, -0.15) is 0 Å². The highest BCUT2D eigenvalue weighted by molar-refractivity contribution is 9.10. The average Bonchev–Trinajstić information content (AvgIpc) is 2.19. The molecule has 0 aliphatic rings. The SMILES string of the molecule is COC.O=Cc1ccc(Br)cc1C=O. The Morgan fingerprint density at radius 2 is 1.64 bits per heavy atom. The number of aldehydes is 2. The van der Waals surface area contributed by atoms with Gasteiger partial charge in [-0.3, -0.25) is 9.59 Å². The molecule has 1 rings (SSSR count). The van der Waals surface area contributed by atoms with Crippen molar-refractivity contribution in [2.24, 2.45) is 0 Å². The summed E-state index contributed by atoms with van der Waals surface area (Å²) in [5, 5.41) is 0. The predicted octanol–water partition coefficient (Wildman–Crippen LogP) is 2.34. The molecule has 0 bridgehead atoms. The van der Waals surface area contributed by atoms with Gasteiger partial charge in [0.1, 0.15) is 0 Å². The molecule has 0 heterocycles. The van der Waals surface area contributed by atoms with Crippen LogP contribution < -0.4 is 0 Å². The Bertz CT molecular complexity index is 310. The van der Waals surface area contributed by atoms with Crippen LogP contribution in [-0.4, -0.2) is 26.8 Å². The second-order valence-electron chi connectivity index (χ2n) is 2.42. The van der Waals surface area contributed by atoms with Gasteiger partial charge >= 0.3 is 0 Å². The van der Waals surface area contributed by atoms with E-state index in [1.54, 1.807) is 32.4 Å². The zero-order valence-corrected chi connectivity index (χ0v) is 9.58. The summed E-state index contributed by atoms with van der Waals surface area (Å²) in [5.74, 6) is 0. The van der Waals surface area contributed by atoms with Crippen molar-refractivity contribution >= 4 is 28.5 Å². The molecule has 0 saturated carbocycles. The van der Waals surface area contributed by atoms with Crippen LogP contribution in [0.5, 0.6) is 0 Å². The van der Waals surface area contributed by atoms with E-state index in [-0.39, 0.29) is 0 Å². The Balaban J connectivity index is 0.000000500. The van der Waals surface area contributed by atoms with E-state index in [0.29, 0.717) is 23.7 Å². The highest BCUT2D eigenvalue weighted by atomic mass is 79.9. The maximum absolute atomic E-state index is 10.4. The van der Waals surface area contributed by atoms with Gasteiger partial charge in [-0.05, 0) is 18.2 Å². The van der Waals surface area contributed by atoms with Crippen LogP contribution in [0.15, 0.2) is 22.7 Å². The molecule has 0 N–H and O–H groups in total. The van der Waals surface area contributed by atoms with Crippen molar-refractivity contribution < 1.29 is 14.3 Å². The molecular formula is C10H11BrO3. The molecule has 76 valence electrons. The number of carbonyl (C=O) groups excluding carboxylic acids is 2. The lowest BCUT2D eigenvalue weighted by Crippen LogP contribution is -1.89. The Morgan fingerprint density at radius 1 is 1.14 bits per heavy atom. The molecule has 0 fully saturated rings. The van der Waals surface area contributed by atoms with Crippen molar-refractivity contribution in [1.29, 1.82) is 0 Å². The first kappa shape index (κ1) is 13.0. The highest BCUT2D eigenvalue weighted by Gasteiger charge is 1.99. The van der Waals surface area contributed by atoms with E-state index in [9.17, 15) is 9.59 Å². The molecule has 3 nitrogen and oxygen atoms in total. The van der Waals surface area contributed by atoms with Crippen LogP contribution in [0.3, 0.4) is 0 Å². The summed E-state index contributed by atoms with van der Waals surface area (Å²) < 4.78 is 5.05. The quantitative estimate of drug-likeness (QED) is 0.765. The molecule has 0 unspecified atom stereocenters. The van der Waals surface area contributed by atoms with Crippen LogP contribution in [0.4, 0.5) is 0 Å². The first-order valence-electron chi connectivity index (χ1n) is 3.79. The average molecular weight is 259 g/mol. The molecule has 1 aromatic carbocycles. The molecule has 14 heavy (non-hydrogen) atoms. The predicted molar refractivity (Wildman–Crippen MR) is 57.9 cm³/mol. The molecule has 0 amide bonds. The van der Waals surface area contributed by atoms with Crippen LogP contribution >= 0.6 is 15.9 Å². The van der Waals surface area contributed by atoms with Gasteiger partial charge in [0.2, 0.25) is 0 Å². The van der Waals surface area contributed by atoms with Crippen molar-refractivity contribution in [2.45, 2.75) is 0 Å². The smallest absolute Gasteiger partial charge is 0.150 e. The van der Waals surface area contributed by atoms with Crippen LogP contribution in [0.2, 0.25) is 0 Å². The lowest BCUT2D eigenvalue weighted by molar-refractivity contribution is 0.109. The molecule has 4 heteroatoms. The van der Waals surface area contributed by atoms with Gasteiger partial charge < -0.3 is 4.74 Å². The van der Waals surface area contributed by atoms with Crippen molar-refractivity contribution in [3.05, 3.63) is 33.8 Å². The van der Waals surface area contributed by atoms with Crippen LogP contribution in [-0.2, 0) is 4.74 Å². The number of hydrogen-bond donors (Lipinski definition) is 0. The summed E-state index contributed by atoms with van der Waals surface area (Å²) >= 11 is 3.19. The van der Waals surface area contributed by atoms with Crippen LogP contribution in [0.25, 0.3) is 0 Å². The molecular weight excluding hydrogens is 248 g/mol. The van der Waals surface area contributed by atoms with E-state index < -0.39 is 0 Å². The van der Waals surface area contributed by atoms with E-state index in [0.717, 1.165) is 4.47 Å². The second-order valence-corrected chi connectivity index (χ2v) is 3.33. The molecule has 0 atom stereocenters. The molecule has 0 aliphatic carbocycles. The maximum Gasteiger partial charge on any atom is 0.150 e. The normalized spacial score (nSPS) is 8.50. The minimum Gasteiger partial charge on any atom is -0.388 e. The van der Waals surface area contributed by atoms with Crippen molar-refractivity contribution in [2.75, 3.05) is 14.2 Å². The number of ether oxygens (including phenoxy) is 1. The van der Waals surface area contributed by atoms with Gasteiger partial charge in [0, 0.05) is 29.8 Å². The summed E-state index contributed by atoms with van der Waals surface area (Å²) in [5.41, 5.74) is 0.831. The van der Waals surface area contributed by atoms with Gasteiger partial charge in [0.05, 0.1) is 0 Å². The Morgan fingerprint density at radius 3 is 2.07 bits per heavy atom. The Kier molecular flexibility index (Phi) is 6.88. The second kappa shape index (κ2) is 7.41. The minimum atomic E-state index is 0.411. The number of halogens is 1. The summed E-state index contributed by atoms with van der Waals surface area (Å²) in [6.45, 7) is 0. The molecule has 0 radical (unpaired) electrons. The largest absolute Gasteiger partial charge is 0.388 e. The molecule has 0 aliphatic heterocycles. The third-order valence-electron chi connectivity index (χ3n) is 1.30. The number of rotatable bonds is 2. The molecule has 0 spiro atoms. The van der Waals surface area contributed by atoms with Gasteiger partial charge in [0.15, 0.2) is 12.6 Å². The van der Waals surface area contributed by atoms with Crippen LogP contribution in [0.1, 0.15) is 20.7 Å². The lowest BCUT2D eigenvalue weighted by Gasteiger charge is -1.95. The monoisotopic (exact) mass is 258 g/mol. The Labute approximate surface area is 91.2 Å². The molecule has 0 saturated heterocycles. The number of hydrogen-bond acceptors (Lipinski definition) is 3. The van der Waals surface area contributed by atoms with Crippen LogP contribution in [0, 0.1) is 0 Å². The van der Waals surface area contributed by atoms with E-state index in [4.69, 9.17) is 0 Å². The molecule has 1 aromatic rings. The van der Waals surface area contributed by atoms with E-state index in [1.165, 1.54) is 0 Å². The maximum atomic E-state index is 10.4. The van der Waals surface area contributed by atoms with Gasteiger partial charge in [-0.25, -0.2) is 0 Å². The standard InChI is InChI=1S/C8H5BrO2.C2H6O/c9-8-2-1-6(4-10)7(3-8)5-11;1-3-2/h1-5H;1-2H3. The fraction of sp³-hybridized carbons (Fsp3) is 0.200. The number of benzene rings is 1. The van der Waals surface area contributed by atoms with E-state index in [1.807, 2.05) is 0 Å². The third kappa shape index (κ3) is 4.30. The fourth-order valence-electron chi connectivity index (χ4n) is 0.755. The minimum absolute atomic E-state index is 0.411. The molecule has 0 aromatic heterocycles. The summed E-state index contributed by atoms with van der Waals surface area (Å²) in [7, 11) is 3.25. The van der Waals surface area contributed by atoms with Crippen molar-refractivity contribution in [3.63, 3.8) is 0 Å². The lowest BCUT2D eigenvalue weighted by atomic mass is 10.1. The number of carbonyl (C=O) groups is 2. The van der Waals surface area contributed by atoms with Crippen molar-refractivity contribution in [3.8, 4) is 0 Å². The summed E-state index contributed by atoms with van der Waals surface area (Å²) in [6.07, 6.45) is 1.32. The first-order valence-corrected chi connectivity index (χ1v) is 4.59. The highest BCUT2D eigenvalue weighted by Crippen LogP contribution is 2.13. The summed E-state index contributed by atoms with van der Waals surface area (Å²) in [4.78, 5) is 20.7. The first-order chi connectivity index (χ1) is 6.69. The zero-order chi connectivity index (χ0) is 11.0. The zero-order valence-electron chi connectivity index (χ0n) is 7.99. The van der Waals surface area contributed by atoms with Gasteiger partial charge in [0.25, 0.3) is 0 Å². The Hall–Kier alpha value is -1.00. The van der Waals surface area contributed by atoms with Gasteiger partial charge in [-0.1, -0.05) is 15.9 Å². The third-order valence-corrected chi connectivity index (χ3v) is 1.80. The van der Waals surface area contributed by atoms with Gasteiger partial charge in [-0.15, -0.1) is 0 Å². The van der Waals surface area contributed by atoms with Crippen molar-refractivity contribution in [1.82, 2.24) is 0 Å². The van der Waals surface area contributed by atoms with E-state index in [2.05, 4.69) is 20.7 Å². The van der Waals surface area contributed by atoms with E-state index >= 15 is 0 Å². The fourth-order valence-corrected chi connectivity index (χ4v) is 1.13. The number of methoxy groups -OCH3 is 1. The topological polar surface area (TPSA) is 43.4 Å². The summed E-state index contributed by atoms with van der Waals surface area (Å²) in [6, 6.07) is 4.92.